The zero-order valence-electron chi connectivity index (χ0n) is 10.1. The average molecular weight is 286 g/mol. The number of carbonyl (C=O) groups is 1. The van der Waals surface area contributed by atoms with Crippen LogP contribution in [-0.4, -0.2) is 26.0 Å². The molecule has 0 saturated heterocycles. The number of phenols is 1. The fourth-order valence-corrected chi connectivity index (χ4v) is 1.67. The molecule has 2 N–H and O–H groups in total. The molecule has 2 aromatic rings. The Morgan fingerprint density at radius 3 is 2.50 bits per heavy atom. The molecular formula is C12H9F3N2O3. The van der Waals surface area contributed by atoms with Gasteiger partial charge in [0.2, 0.25) is 0 Å². The van der Waals surface area contributed by atoms with Crippen LogP contribution < -0.4 is 0 Å². The van der Waals surface area contributed by atoms with Gasteiger partial charge in [-0.2, -0.15) is 18.3 Å². The second-order valence-electron chi connectivity index (χ2n) is 4.12. The molecular weight excluding hydrogens is 277 g/mol. The molecule has 8 heteroatoms. The second-order valence-corrected chi connectivity index (χ2v) is 4.12. The van der Waals surface area contributed by atoms with Gasteiger partial charge in [-0.3, -0.25) is 0 Å². The van der Waals surface area contributed by atoms with Crippen LogP contribution in [0.1, 0.15) is 21.7 Å². The quantitative estimate of drug-likeness (QED) is 0.889. The summed E-state index contributed by atoms with van der Waals surface area (Å²) >= 11 is 0. The smallest absolute Gasteiger partial charge is 0.433 e. The molecule has 0 spiro atoms. The Bertz CT molecular complexity index is 677. The number of hydrogen-bond acceptors (Lipinski definition) is 3. The number of aromatic carboxylic acids is 1. The molecule has 0 unspecified atom stereocenters. The first-order valence-corrected chi connectivity index (χ1v) is 5.40. The number of aryl methyl sites for hydroxylation is 1. The minimum absolute atomic E-state index is 0.232. The SMILES string of the molecule is Cc1ccc(O)c(-n2nc(C(=O)O)cc2C(F)(F)F)c1. The van der Waals surface area contributed by atoms with Gasteiger partial charge in [-0.05, 0) is 24.6 Å². The summed E-state index contributed by atoms with van der Waals surface area (Å²) in [7, 11) is 0. The highest BCUT2D eigenvalue weighted by Crippen LogP contribution is 2.34. The summed E-state index contributed by atoms with van der Waals surface area (Å²) in [5, 5.41) is 21.8. The number of carboxylic acid groups (broad SMARTS) is 1. The fraction of sp³-hybridized carbons (Fsp3) is 0.167. The van der Waals surface area contributed by atoms with Crippen molar-refractivity contribution in [1.29, 1.82) is 0 Å². The molecule has 0 aliphatic heterocycles. The summed E-state index contributed by atoms with van der Waals surface area (Å²) in [5.74, 6) is -2.01. The highest BCUT2D eigenvalue weighted by molar-refractivity contribution is 5.85. The number of benzene rings is 1. The van der Waals surface area contributed by atoms with Crippen LogP contribution in [0.25, 0.3) is 5.69 Å². The number of aromatic hydroxyl groups is 1. The molecule has 106 valence electrons. The number of carboxylic acids is 1. The molecule has 1 aromatic carbocycles. The Kier molecular flexibility index (Phi) is 3.16. The number of aromatic nitrogens is 2. The Balaban J connectivity index is 2.72. The molecule has 0 fully saturated rings. The van der Waals surface area contributed by atoms with Crippen molar-refractivity contribution in [3.63, 3.8) is 0 Å². The van der Waals surface area contributed by atoms with Crippen LogP contribution in [-0.2, 0) is 6.18 Å². The van der Waals surface area contributed by atoms with Gasteiger partial charge >= 0.3 is 12.1 Å². The van der Waals surface area contributed by atoms with E-state index in [0.717, 1.165) is 0 Å². The zero-order chi connectivity index (χ0) is 15.1. The molecule has 0 aliphatic carbocycles. The standard InChI is InChI=1S/C12H9F3N2O3/c1-6-2-3-9(18)8(4-6)17-10(12(13,14)15)5-7(16-17)11(19)20/h2-5,18H,1H3,(H,19,20). The van der Waals surface area contributed by atoms with Crippen LogP contribution in [0.3, 0.4) is 0 Å². The normalized spacial score (nSPS) is 11.6. The molecule has 0 saturated carbocycles. The first kappa shape index (κ1) is 13.9. The van der Waals surface area contributed by atoms with E-state index in [1.807, 2.05) is 0 Å². The van der Waals surface area contributed by atoms with Crippen molar-refractivity contribution < 1.29 is 28.2 Å². The maximum absolute atomic E-state index is 12.9. The molecule has 0 bridgehead atoms. The predicted molar refractivity (Wildman–Crippen MR) is 61.9 cm³/mol. The largest absolute Gasteiger partial charge is 0.506 e. The van der Waals surface area contributed by atoms with E-state index in [-0.39, 0.29) is 5.69 Å². The van der Waals surface area contributed by atoms with Crippen molar-refractivity contribution in [2.75, 3.05) is 0 Å². The molecule has 5 nitrogen and oxygen atoms in total. The Labute approximate surface area is 110 Å². The van der Waals surface area contributed by atoms with Crippen LogP contribution in [0.5, 0.6) is 5.75 Å². The summed E-state index contributed by atoms with van der Waals surface area (Å²) in [5.41, 5.74) is -1.66. The first-order valence-electron chi connectivity index (χ1n) is 5.40. The summed E-state index contributed by atoms with van der Waals surface area (Å²) in [6.45, 7) is 1.62. The number of phenolic OH excluding ortho intramolecular Hbond substituents is 1. The Morgan fingerprint density at radius 2 is 1.95 bits per heavy atom. The van der Waals surface area contributed by atoms with Crippen LogP contribution >= 0.6 is 0 Å². The third kappa shape index (κ3) is 2.44. The lowest BCUT2D eigenvalue weighted by atomic mass is 10.2. The number of alkyl halides is 3. The lowest BCUT2D eigenvalue weighted by Crippen LogP contribution is -2.13. The molecule has 2 rings (SSSR count). The van der Waals surface area contributed by atoms with Gasteiger partial charge in [0.15, 0.2) is 5.69 Å². The number of halogens is 3. The minimum Gasteiger partial charge on any atom is -0.506 e. The maximum atomic E-state index is 12.9. The molecule has 0 amide bonds. The molecule has 0 radical (unpaired) electrons. The lowest BCUT2D eigenvalue weighted by molar-refractivity contribution is -0.142. The molecule has 1 aromatic heterocycles. The Morgan fingerprint density at radius 1 is 1.30 bits per heavy atom. The lowest BCUT2D eigenvalue weighted by Gasteiger charge is -2.11. The van der Waals surface area contributed by atoms with Crippen molar-refractivity contribution >= 4 is 5.97 Å². The monoisotopic (exact) mass is 286 g/mol. The number of nitrogens with zero attached hydrogens (tertiary/aromatic N) is 2. The summed E-state index contributed by atoms with van der Waals surface area (Å²) in [6.07, 6.45) is -4.79. The van der Waals surface area contributed by atoms with Crippen LogP contribution in [0, 0.1) is 6.92 Å². The van der Waals surface area contributed by atoms with Gasteiger partial charge in [0.25, 0.3) is 0 Å². The summed E-state index contributed by atoms with van der Waals surface area (Å²) < 4.78 is 39.1. The van der Waals surface area contributed by atoms with Gasteiger partial charge in [-0.1, -0.05) is 6.07 Å². The predicted octanol–water partition coefficient (Wildman–Crippen LogP) is 2.60. The zero-order valence-corrected chi connectivity index (χ0v) is 10.1. The highest BCUT2D eigenvalue weighted by atomic mass is 19.4. The molecule has 0 aliphatic rings. The second kappa shape index (κ2) is 4.55. The minimum atomic E-state index is -4.79. The van der Waals surface area contributed by atoms with E-state index in [0.29, 0.717) is 16.3 Å². The van der Waals surface area contributed by atoms with Crippen molar-refractivity contribution in [2.24, 2.45) is 0 Å². The van der Waals surface area contributed by atoms with E-state index in [1.54, 1.807) is 6.92 Å². The first-order chi connectivity index (χ1) is 9.20. The van der Waals surface area contributed by atoms with Crippen LogP contribution in [0.2, 0.25) is 0 Å². The topological polar surface area (TPSA) is 75.3 Å². The van der Waals surface area contributed by atoms with Crippen LogP contribution in [0.4, 0.5) is 13.2 Å². The third-order valence-corrected chi connectivity index (χ3v) is 2.58. The molecule has 0 atom stereocenters. The van der Waals surface area contributed by atoms with Gasteiger partial charge in [0.1, 0.15) is 17.1 Å². The van der Waals surface area contributed by atoms with Crippen molar-refractivity contribution in [1.82, 2.24) is 9.78 Å². The third-order valence-electron chi connectivity index (χ3n) is 2.58. The van der Waals surface area contributed by atoms with Crippen molar-refractivity contribution in [3.05, 3.63) is 41.2 Å². The highest BCUT2D eigenvalue weighted by Gasteiger charge is 2.37. The van der Waals surface area contributed by atoms with Gasteiger partial charge in [0.05, 0.1) is 0 Å². The van der Waals surface area contributed by atoms with Gasteiger partial charge in [-0.25, -0.2) is 9.48 Å². The average Bonchev–Trinajstić information content (AvgIpc) is 2.77. The van der Waals surface area contributed by atoms with E-state index < -0.39 is 29.3 Å². The summed E-state index contributed by atoms with van der Waals surface area (Å²) in [4.78, 5) is 10.8. The molecule has 20 heavy (non-hydrogen) atoms. The van der Waals surface area contributed by atoms with E-state index in [9.17, 15) is 23.1 Å². The van der Waals surface area contributed by atoms with E-state index in [1.165, 1.54) is 18.2 Å². The van der Waals surface area contributed by atoms with Gasteiger partial charge in [0, 0.05) is 6.07 Å². The van der Waals surface area contributed by atoms with Crippen molar-refractivity contribution in [2.45, 2.75) is 13.1 Å². The maximum Gasteiger partial charge on any atom is 0.433 e. The Hall–Kier alpha value is -2.51. The van der Waals surface area contributed by atoms with Crippen LogP contribution in [0.15, 0.2) is 24.3 Å². The van der Waals surface area contributed by atoms with E-state index >= 15 is 0 Å². The summed E-state index contributed by atoms with van der Waals surface area (Å²) in [6, 6.07) is 4.42. The number of hydrogen-bond donors (Lipinski definition) is 2. The number of rotatable bonds is 2. The van der Waals surface area contributed by atoms with Gasteiger partial charge < -0.3 is 10.2 Å². The fourth-order valence-electron chi connectivity index (χ4n) is 1.67. The van der Waals surface area contributed by atoms with E-state index in [2.05, 4.69) is 5.10 Å². The van der Waals surface area contributed by atoms with Crippen molar-refractivity contribution in [3.8, 4) is 11.4 Å². The van der Waals surface area contributed by atoms with E-state index in [4.69, 9.17) is 5.11 Å². The van der Waals surface area contributed by atoms with Gasteiger partial charge in [-0.15, -0.1) is 0 Å². The molecule has 1 heterocycles.